The lowest BCUT2D eigenvalue weighted by Crippen LogP contribution is -2.29. The number of aryl methyl sites for hydroxylation is 2. The molecule has 2 atom stereocenters. The molecule has 6 heteroatoms. The Bertz CT molecular complexity index is 1250. The average molecular weight is 457 g/mol. The molecule has 0 amide bonds. The van der Waals surface area contributed by atoms with Gasteiger partial charge in [-0.25, -0.2) is 0 Å². The highest BCUT2D eigenvalue weighted by atomic mass is 32.1. The van der Waals surface area contributed by atoms with E-state index < -0.39 is 0 Å². The minimum atomic E-state index is -0.0509. The molecule has 1 aliphatic rings. The highest BCUT2D eigenvalue weighted by Gasteiger charge is 2.41. The Hall–Kier alpha value is -3.38. The van der Waals surface area contributed by atoms with Crippen molar-refractivity contribution in [2.45, 2.75) is 45.8 Å². The summed E-state index contributed by atoms with van der Waals surface area (Å²) < 4.78 is 8.00. The fourth-order valence-electron chi connectivity index (χ4n) is 4.85. The standard InChI is InChI=1S/C27H28N4OS/c1-4-20-10-12-21(13-11-20)31-18(2)16-23(19(31)3)26-25(24-9-5-6-14-28-24)29-27(33)30(26)17-22-8-7-15-32-22/h5-16,25-26H,4,17H2,1-3H3,(H,29,33)/t25-,26+/m0/s1. The molecule has 1 aliphatic heterocycles. The maximum Gasteiger partial charge on any atom is 0.170 e. The van der Waals surface area contributed by atoms with Gasteiger partial charge in [-0.2, -0.15) is 0 Å². The van der Waals surface area contributed by atoms with E-state index >= 15 is 0 Å². The lowest BCUT2D eigenvalue weighted by Gasteiger charge is -2.27. The summed E-state index contributed by atoms with van der Waals surface area (Å²) >= 11 is 5.81. The number of thiocarbonyl (C=S) groups is 1. The number of hydrogen-bond acceptors (Lipinski definition) is 3. The number of aromatic nitrogens is 2. The summed E-state index contributed by atoms with van der Waals surface area (Å²) in [5.41, 5.74) is 7.13. The molecule has 0 aliphatic carbocycles. The highest BCUT2D eigenvalue weighted by Crippen LogP contribution is 2.42. The number of rotatable bonds is 6. The molecule has 1 saturated heterocycles. The molecule has 3 aromatic heterocycles. The van der Waals surface area contributed by atoms with Crippen LogP contribution in [0, 0.1) is 13.8 Å². The van der Waals surface area contributed by atoms with Crippen molar-refractivity contribution in [1.29, 1.82) is 0 Å². The third-order valence-electron chi connectivity index (χ3n) is 6.50. The van der Waals surface area contributed by atoms with Crippen LogP contribution in [0.2, 0.25) is 0 Å². The van der Waals surface area contributed by atoms with Crippen molar-refractivity contribution in [1.82, 2.24) is 19.8 Å². The van der Waals surface area contributed by atoms with Crippen LogP contribution < -0.4 is 5.32 Å². The van der Waals surface area contributed by atoms with Crippen LogP contribution in [0.3, 0.4) is 0 Å². The van der Waals surface area contributed by atoms with Crippen molar-refractivity contribution in [3.05, 3.63) is 107 Å². The Morgan fingerprint density at radius 3 is 2.55 bits per heavy atom. The fraction of sp³-hybridized carbons (Fsp3) is 0.259. The van der Waals surface area contributed by atoms with Gasteiger partial charge in [-0.1, -0.05) is 25.1 Å². The quantitative estimate of drug-likeness (QED) is 0.371. The highest BCUT2D eigenvalue weighted by molar-refractivity contribution is 7.80. The lowest BCUT2D eigenvalue weighted by molar-refractivity contribution is 0.286. The van der Waals surface area contributed by atoms with Gasteiger partial charge in [0, 0.05) is 23.3 Å². The SMILES string of the molecule is CCc1ccc(-n2c(C)cc([C@@H]3[C@H](c4ccccn4)NC(=S)N3Cc3ccco3)c2C)cc1. The molecule has 0 spiro atoms. The summed E-state index contributed by atoms with van der Waals surface area (Å²) in [6.07, 6.45) is 4.58. The number of nitrogens with one attached hydrogen (secondary N) is 1. The van der Waals surface area contributed by atoms with E-state index in [4.69, 9.17) is 16.6 Å². The van der Waals surface area contributed by atoms with Crippen molar-refractivity contribution in [2.75, 3.05) is 0 Å². The Labute approximate surface area is 200 Å². The predicted molar refractivity (Wildman–Crippen MR) is 134 cm³/mol. The van der Waals surface area contributed by atoms with E-state index in [2.05, 4.69) is 76.9 Å². The van der Waals surface area contributed by atoms with Gasteiger partial charge in [-0.05, 0) is 86.1 Å². The zero-order valence-corrected chi connectivity index (χ0v) is 20.0. The number of benzene rings is 1. The van der Waals surface area contributed by atoms with Crippen molar-refractivity contribution in [3.63, 3.8) is 0 Å². The van der Waals surface area contributed by atoms with Crippen LogP contribution in [0.15, 0.2) is 77.5 Å². The first-order chi connectivity index (χ1) is 16.1. The van der Waals surface area contributed by atoms with E-state index in [1.54, 1.807) is 6.26 Å². The van der Waals surface area contributed by atoms with Gasteiger partial charge in [0.15, 0.2) is 5.11 Å². The first kappa shape index (κ1) is 21.5. The van der Waals surface area contributed by atoms with Gasteiger partial charge in [-0.3, -0.25) is 4.98 Å². The molecule has 0 unspecified atom stereocenters. The van der Waals surface area contributed by atoms with Gasteiger partial charge < -0.3 is 19.2 Å². The van der Waals surface area contributed by atoms with E-state index in [1.807, 2.05) is 30.5 Å². The number of nitrogens with zero attached hydrogens (tertiary/aromatic N) is 3. The molecule has 33 heavy (non-hydrogen) atoms. The van der Waals surface area contributed by atoms with Crippen LogP contribution in [0.1, 0.15) is 53.0 Å². The Morgan fingerprint density at radius 2 is 1.88 bits per heavy atom. The Morgan fingerprint density at radius 1 is 1.06 bits per heavy atom. The summed E-state index contributed by atoms with van der Waals surface area (Å²) in [4.78, 5) is 6.88. The van der Waals surface area contributed by atoms with Crippen LogP contribution in [-0.4, -0.2) is 19.6 Å². The molecule has 4 aromatic rings. The van der Waals surface area contributed by atoms with E-state index in [-0.39, 0.29) is 12.1 Å². The summed E-state index contributed by atoms with van der Waals surface area (Å²) in [6, 6.07) is 21.0. The van der Waals surface area contributed by atoms with Crippen LogP contribution in [0.4, 0.5) is 0 Å². The lowest BCUT2D eigenvalue weighted by atomic mass is 9.96. The molecule has 0 saturated carbocycles. The number of furan rings is 1. The monoisotopic (exact) mass is 456 g/mol. The van der Waals surface area contributed by atoms with Crippen LogP contribution in [0.5, 0.6) is 0 Å². The van der Waals surface area contributed by atoms with Crippen molar-refractivity contribution >= 4 is 17.3 Å². The average Bonchev–Trinajstić information content (AvgIpc) is 3.54. The van der Waals surface area contributed by atoms with Gasteiger partial charge in [0.1, 0.15) is 5.76 Å². The third kappa shape index (κ3) is 3.95. The normalized spacial score (nSPS) is 18.0. The zero-order valence-electron chi connectivity index (χ0n) is 19.2. The minimum absolute atomic E-state index is 0.00707. The second kappa shape index (κ2) is 8.87. The molecule has 5 nitrogen and oxygen atoms in total. The fourth-order valence-corrected chi connectivity index (χ4v) is 5.15. The van der Waals surface area contributed by atoms with E-state index in [0.717, 1.165) is 17.9 Å². The molecule has 1 aromatic carbocycles. The summed E-state index contributed by atoms with van der Waals surface area (Å²) in [6.45, 7) is 7.14. The van der Waals surface area contributed by atoms with Crippen molar-refractivity contribution in [2.24, 2.45) is 0 Å². The largest absolute Gasteiger partial charge is 0.467 e. The molecule has 1 N–H and O–H groups in total. The topological polar surface area (TPSA) is 46.2 Å². The molecule has 1 fully saturated rings. The van der Waals surface area contributed by atoms with Crippen LogP contribution in [0.25, 0.3) is 5.69 Å². The van der Waals surface area contributed by atoms with Gasteiger partial charge in [0.25, 0.3) is 0 Å². The van der Waals surface area contributed by atoms with E-state index in [9.17, 15) is 0 Å². The second-order valence-electron chi connectivity index (χ2n) is 8.52. The smallest absolute Gasteiger partial charge is 0.170 e. The minimum Gasteiger partial charge on any atom is -0.467 e. The van der Waals surface area contributed by atoms with E-state index in [0.29, 0.717) is 11.7 Å². The molecule has 5 rings (SSSR count). The third-order valence-corrected chi connectivity index (χ3v) is 6.85. The summed E-state index contributed by atoms with van der Waals surface area (Å²) in [5, 5.41) is 4.25. The zero-order chi connectivity index (χ0) is 22.9. The Kier molecular flexibility index (Phi) is 5.77. The van der Waals surface area contributed by atoms with Gasteiger partial charge in [-0.15, -0.1) is 0 Å². The molecule has 0 bridgehead atoms. The number of pyridine rings is 1. The molecule has 4 heterocycles. The summed E-state index contributed by atoms with van der Waals surface area (Å²) in [5.74, 6) is 0.884. The maximum atomic E-state index is 5.81. The molecule has 168 valence electrons. The summed E-state index contributed by atoms with van der Waals surface area (Å²) in [7, 11) is 0. The Balaban J connectivity index is 1.60. The van der Waals surface area contributed by atoms with Gasteiger partial charge in [0.2, 0.25) is 0 Å². The van der Waals surface area contributed by atoms with Gasteiger partial charge in [0.05, 0.1) is 30.6 Å². The molecular weight excluding hydrogens is 428 g/mol. The van der Waals surface area contributed by atoms with Crippen LogP contribution >= 0.6 is 12.2 Å². The second-order valence-corrected chi connectivity index (χ2v) is 8.90. The maximum absolute atomic E-state index is 5.81. The molecular formula is C27H28N4OS. The van der Waals surface area contributed by atoms with Crippen molar-refractivity contribution < 1.29 is 4.42 Å². The first-order valence-corrected chi connectivity index (χ1v) is 11.8. The molecule has 0 radical (unpaired) electrons. The first-order valence-electron chi connectivity index (χ1n) is 11.4. The van der Waals surface area contributed by atoms with E-state index in [1.165, 1.54) is 28.2 Å². The number of hydrogen-bond donors (Lipinski definition) is 1. The predicted octanol–water partition coefficient (Wildman–Crippen LogP) is 5.82. The van der Waals surface area contributed by atoms with Gasteiger partial charge >= 0.3 is 0 Å². The van der Waals surface area contributed by atoms with Crippen LogP contribution in [-0.2, 0) is 13.0 Å². The van der Waals surface area contributed by atoms with Crippen molar-refractivity contribution in [3.8, 4) is 5.69 Å².